The standard InChI is InChI=1S/C11H9F6IO2/c1-4-5(2)9(20-11(15,16)17)7(18)6(3)8(4)19-10(12,13)14/h1-3H3. The van der Waals surface area contributed by atoms with Crippen LogP contribution in [0.1, 0.15) is 16.7 Å². The van der Waals surface area contributed by atoms with Gasteiger partial charge in [0.05, 0.1) is 3.57 Å². The van der Waals surface area contributed by atoms with Crippen LogP contribution in [0.4, 0.5) is 26.3 Å². The summed E-state index contributed by atoms with van der Waals surface area (Å²) < 4.78 is 81.5. The van der Waals surface area contributed by atoms with Gasteiger partial charge >= 0.3 is 12.7 Å². The van der Waals surface area contributed by atoms with Crippen LogP contribution in [0, 0.1) is 24.3 Å². The summed E-state index contributed by atoms with van der Waals surface area (Å²) in [5.74, 6) is -1.02. The van der Waals surface area contributed by atoms with E-state index in [0.717, 1.165) is 0 Å². The first-order valence-electron chi connectivity index (χ1n) is 5.14. The molecule has 1 aromatic rings. The van der Waals surface area contributed by atoms with Crippen LogP contribution in [0.2, 0.25) is 0 Å². The Labute approximate surface area is 124 Å². The van der Waals surface area contributed by atoms with E-state index >= 15 is 0 Å². The smallest absolute Gasteiger partial charge is 0.405 e. The third kappa shape index (κ3) is 4.06. The molecule has 0 unspecified atom stereocenters. The Balaban J connectivity index is 3.42. The summed E-state index contributed by atoms with van der Waals surface area (Å²) in [4.78, 5) is 0. The maximum Gasteiger partial charge on any atom is 0.573 e. The van der Waals surface area contributed by atoms with E-state index in [1.54, 1.807) is 0 Å². The van der Waals surface area contributed by atoms with E-state index < -0.39 is 24.2 Å². The van der Waals surface area contributed by atoms with Crippen molar-refractivity contribution < 1.29 is 35.8 Å². The molecule has 114 valence electrons. The SMILES string of the molecule is Cc1c(C)c(OC(F)(F)F)c(I)c(C)c1OC(F)(F)F. The maximum atomic E-state index is 12.3. The zero-order valence-electron chi connectivity index (χ0n) is 10.5. The molecule has 0 aliphatic carbocycles. The van der Waals surface area contributed by atoms with E-state index in [9.17, 15) is 26.3 Å². The molecule has 0 radical (unpaired) electrons. The van der Waals surface area contributed by atoms with Crippen molar-refractivity contribution in [2.75, 3.05) is 0 Å². The van der Waals surface area contributed by atoms with Crippen LogP contribution in [0.25, 0.3) is 0 Å². The van der Waals surface area contributed by atoms with Gasteiger partial charge in [0.1, 0.15) is 11.5 Å². The number of hydrogen-bond donors (Lipinski definition) is 0. The van der Waals surface area contributed by atoms with Gasteiger partial charge in [0, 0.05) is 5.56 Å². The van der Waals surface area contributed by atoms with Gasteiger partial charge in [-0.2, -0.15) is 0 Å². The predicted octanol–water partition coefficient (Wildman–Crippen LogP) is 5.01. The number of rotatable bonds is 2. The first-order valence-corrected chi connectivity index (χ1v) is 6.22. The quantitative estimate of drug-likeness (QED) is 0.501. The molecular weight excluding hydrogens is 405 g/mol. The monoisotopic (exact) mass is 414 g/mol. The molecule has 0 amide bonds. The van der Waals surface area contributed by atoms with Crippen molar-refractivity contribution in [3.8, 4) is 11.5 Å². The van der Waals surface area contributed by atoms with Gasteiger partial charge in [-0.15, -0.1) is 26.3 Å². The fourth-order valence-corrected chi connectivity index (χ4v) is 2.32. The van der Waals surface area contributed by atoms with Crippen LogP contribution in [0.3, 0.4) is 0 Å². The number of benzene rings is 1. The minimum absolute atomic E-state index is 0.0560. The van der Waals surface area contributed by atoms with E-state index in [4.69, 9.17) is 0 Å². The Morgan fingerprint density at radius 1 is 0.700 bits per heavy atom. The van der Waals surface area contributed by atoms with Crippen molar-refractivity contribution in [3.63, 3.8) is 0 Å². The summed E-state index contributed by atoms with van der Waals surface area (Å²) in [7, 11) is 0. The third-order valence-electron chi connectivity index (χ3n) is 2.55. The van der Waals surface area contributed by atoms with Crippen molar-refractivity contribution in [2.45, 2.75) is 33.5 Å². The molecule has 2 nitrogen and oxygen atoms in total. The zero-order chi connectivity index (χ0) is 15.9. The van der Waals surface area contributed by atoms with E-state index in [1.807, 2.05) is 0 Å². The highest BCUT2D eigenvalue weighted by Crippen LogP contribution is 2.42. The lowest BCUT2D eigenvalue weighted by Gasteiger charge is -2.21. The maximum absolute atomic E-state index is 12.3. The van der Waals surface area contributed by atoms with Gasteiger partial charge in [-0.3, -0.25) is 0 Å². The number of alkyl halides is 6. The lowest BCUT2D eigenvalue weighted by Crippen LogP contribution is -2.21. The molecule has 0 atom stereocenters. The second-order valence-corrected chi connectivity index (χ2v) is 5.02. The second-order valence-electron chi connectivity index (χ2n) is 3.94. The van der Waals surface area contributed by atoms with Crippen LogP contribution in [0.5, 0.6) is 11.5 Å². The summed E-state index contributed by atoms with van der Waals surface area (Å²) in [6.07, 6.45) is -9.84. The molecule has 0 N–H and O–H groups in total. The minimum atomic E-state index is -4.92. The zero-order valence-corrected chi connectivity index (χ0v) is 12.6. The van der Waals surface area contributed by atoms with Crippen molar-refractivity contribution in [1.82, 2.24) is 0 Å². The van der Waals surface area contributed by atoms with Gasteiger partial charge in [-0.05, 0) is 54.5 Å². The van der Waals surface area contributed by atoms with Gasteiger partial charge in [0.2, 0.25) is 0 Å². The fraction of sp³-hybridized carbons (Fsp3) is 0.455. The summed E-state index contributed by atoms with van der Waals surface area (Å²) in [5, 5.41) is 0. The topological polar surface area (TPSA) is 18.5 Å². The molecule has 9 heteroatoms. The molecule has 0 heterocycles. The molecule has 0 aliphatic rings. The van der Waals surface area contributed by atoms with Crippen LogP contribution < -0.4 is 9.47 Å². The highest BCUT2D eigenvalue weighted by Gasteiger charge is 2.36. The van der Waals surface area contributed by atoms with Crippen LogP contribution in [-0.2, 0) is 0 Å². The Hall–Kier alpha value is -0.870. The van der Waals surface area contributed by atoms with E-state index in [2.05, 4.69) is 9.47 Å². The highest BCUT2D eigenvalue weighted by molar-refractivity contribution is 14.1. The average Bonchev–Trinajstić information content (AvgIpc) is 2.25. The van der Waals surface area contributed by atoms with Gasteiger partial charge in [-0.1, -0.05) is 0 Å². The first kappa shape index (κ1) is 17.2. The Morgan fingerprint density at radius 3 is 1.45 bits per heavy atom. The molecule has 0 saturated carbocycles. The molecule has 1 rings (SSSR count). The number of halogens is 7. The Kier molecular flexibility index (Phi) is 4.72. The van der Waals surface area contributed by atoms with Crippen LogP contribution >= 0.6 is 22.6 Å². The van der Waals surface area contributed by atoms with Crippen molar-refractivity contribution in [2.24, 2.45) is 0 Å². The van der Waals surface area contributed by atoms with Gasteiger partial charge in [-0.25, -0.2) is 0 Å². The molecule has 0 aromatic heterocycles. The molecule has 0 saturated heterocycles. The Bertz CT molecular complexity index is 445. The fourth-order valence-electron chi connectivity index (χ4n) is 1.56. The molecule has 0 aliphatic heterocycles. The largest absolute Gasteiger partial charge is 0.573 e. The van der Waals surface area contributed by atoms with E-state index in [1.165, 1.54) is 43.4 Å². The lowest BCUT2D eigenvalue weighted by molar-refractivity contribution is -0.277. The van der Waals surface area contributed by atoms with Crippen molar-refractivity contribution >= 4 is 22.6 Å². The van der Waals surface area contributed by atoms with E-state index in [-0.39, 0.29) is 20.3 Å². The summed E-state index contributed by atoms with van der Waals surface area (Å²) in [5.41, 5.74) is -0.179. The molecule has 0 bridgehead atoms. The van der Waals surface area contributed by atoms with Gasteiger partial charge < -0.3 is 9.47 Å². The van der Waals surface area contributed by atoms with Crippen LogP contribution in [-0.4, -0.2) is 12.7 Å². The predicted molar refractivity (Wildman–Crippen MR) is 66.7 cm³/mol. The number of ether oxygens (including phenoxy) is 2. The highest BCUT2D eigenvalue weighted by atomic mass is 127. The van der Waals surface area contributed by atoms with Crippen LogP contribution in [0.15, 0.2) is 0 Å². The summed E-state index contributed by atoms with van der Waals surface area (Å²) >= 11 is 1.49. The van der Waals surface area contributed by atoms with Gasteiger partial charge in [0.25, 0.3) is 0 Å². The van der Waals surface area contributed by atoms with Gasteiger partial charge in [0.15, 0.2) is 0 Å². The molecule has 0 spiro atoms. The second kappa shape index (κ2) is 5.49. The summed E-state index contributed by atoms with van der Waals surface area (Å²) in [6.45, 7) is 3.71. The summed E-state index contributed by atoms with van der Waals surface area (Å²) in [6, 6.07) is 0. The molecule has 0 fully saturated rings. The van der Waals surface area contributed by atoms with Crippen molar-refractivity contribution in [3.05, 3.63) is 20.3 Å². The normalized spacial score (nSPS) is 12.5. The van der Waals surface area contributed by atoms with E-state index in [0.29, 0.717) is 0 Å². The number of hydrogen-bond acceptors (Lipinski definition) is 2. The van der Waals surface area contributed by atoms with Crippen molar-refractivity contribution in [1.29, 1.82) is 0 Å². The molecule has 20 heavy (non-hydrogen) atoms. The molecular formula is C11H9F6IO2. The third-order valence-corrected chi connectivity index (χ3v) is 3.85. The first-order chi connectivity index (χ1) is 8.83. The molecule has 1 aromatic carbocycles. The average molecular weight is 414 g/mol. The Morgan fingerprint density at radius 2 is 1.05 bits per heavy atom. The lowest BCUT2D eigenvalue weighted by atomic mass is 10.0. The minimum Gasteiger partial charge on any atom is -0.405 e.